The number of aliphatic hydroxyl groups is 1. The van der Waals surface area contributed by atoms with E-state index in [4.69, 9.17) is 28.3 Å². The third-order valence-electron chi connectivity index (χ3n) is 0.879. The predicted molar refractivity (Wildman–Crippen MR) is 53.0 cm³/mol. The van der Waals surface area contributed by atoms with E-state index in [1.807, 2.05) is 5.32 Å². The quantitative estimate of drug-likeness (QED) is 0.563. The molecule has 2 amide bonds. The minimum absolute atomic E-state index is 0.103. The summed E-state index contributed by atoms with van der Waals surface area (Å²) in [4.78, 5) is 14.1. The summed E-state index contributed by atoms with van der Waals surface area (Å²) in [5.41, 5.74) is 0. The van der Waals surface area contributed by atoms with Gasteiger partial charge < -0.3 is 10.4 Å². The number of urea groups is 1. The van der Waals surface area contributed by atoms with E-state index in [1.165, 1.54) is 0 Å². The standard InChI is InChI=1S/C7H8Cl2N2O2/c1-4(8)3-10-7(13)11-6(12)5(2)9/h3,6,12H,1-2H2,(H,11,13)/b10-3-. The molecule has 0 saturated heterocycles. The molecule has 13 heavy (non-hydrogen) atoms. The highest BCUT2D eigenvalue weighted by Crippen LogP contribution is 2.01. The Hall–Kier alpha value is -0.840. The Balaban J connectivity index is 4.02. The normalized spacial score (nSPS) is 12.5. The van der Waals surface area contributed by atoms with E-state index in [0.29, 0.717) is 0 Å². The second-order valence-electron chi connectivity index (χ2n) is 2.00. The van der Waals surface area contributed by atoms with Gasteiger partial charge in [0.25, 0.3) is 0 Å². The van der Waals surface area contributed by atoms with Crippen LogP contribution in [0, 0.1) is 0 Å². The fourth-order valence-corrected chi connectivity index (χ4v) is 0.465. The maximum atomic E-state index is 10.8. The molecule has 0 aliphatic carbocycles. The van der Waals surface area contributed by atoms with Crippen LogP contribution in [0.5, 0.6) is 0 Å². The zero-order valence-electron chi connectivity index (χ0n) is 6.63. The molecule has 0 saturated carbocycles. The number of aliphatic hydroxyl groups excluding tert-OH is 1. The molecule has 0 aliphatic rings. The van der Waals surface area contributed by atoms with E-state index in [9.17, 15) is 4.79 Å². The molecule has 0 aromatic rings. The molecular formula is C7H8Cl2N2O2. The molecule has 1 unspecified atom stereocenters. The van der Waals surface area contributed by atoms with Crippen LogP contribution in [0.3, 0.4) is 0 Å². The molecule has 1 atom stereocenters. The molecule has 0 radical (unpaired) electrons. The highest BCUT2D eigenvalue weighted by molar-refractivity contribution is 6.39. The lowest BCUT2D eigenvalue weighted by Crippen LogP contribution is -2.32. The van der Waals surface area contributed by atoms with Crippen molar-refractivity contribution in [3.63, 3.8) is 0 Å². The van der Waals surface area contributed by atoms with Crippen molar-refractivity contribution >= 4 is 35.4 Å². The van der Waals surface area contributed by atoms with Crippen molar-refractivity contribution in [3.8, 4) is 0 Å². The van der Waals surface area contributed by atoms with Crippen molar-refractivity contribution in [3.05, 3.63) is 23.2 Å². The molecule has 72 valence electrons. The monoisotopic (exact) mass is 222 g/mol. The molecule has 0 fully saturated rings. The fourth-order valence-electron chi connectivity index (χ4n) is 0.361. The zero-order valence-corrected chi connectivity index (χ0v) is 8.14. The van der Waals surface area contributed by atoms with E-state index >= 15 is 0 Å². The maximum Gasteiger partial charge on any atom is 0.343 e. The SMILES string of the molecule is C=C(Cl)/C=N\C(=O)NC(O)C(=C)Cl. The van der Waals surface area contributed by atoms with Crippen LogP contribution in [0.1, 0.15) is 0 Å². The van der Waals surface area contributed by atoms with Crippen LogP contribution in [0.4, 0.5) is 4.79 Å². The lowest BCUT2D eigenvalue weighted by molar-refractivity contribution is 0.180. The molecular weight excluding hydrogens is 215 g/mol. The van der Waals surface area contributed by atoms with Crippen LogP contribution >= 0.6 is 23.2 Å². The first-order valence-corrected chi connectivity index (χ1v) is 3.90. The topological polar surface area (TPSA) is 61.7 Å². The Morgan fingerprint density at radius 3 is 2.46 bits per heavy atom. The first-order valence-electron chi connectivity index (χ1n) is 3.15. The molecule has 0 heterocycles. The van der Waals surface area contributed by atoms with Gasteiger partial charge in [0.1, 0.15) is 0 Å². The number of carbonyl (C=O) groups is 1. The second-order valence-corrected chi connectivity index (χ2v) is 2.97. The summed E-state index contributed by atoms with van der Waals surface area (Å²) in [6.07, 6.45) is -0.282. The first kappa shape index (κ1) is 12.2. The van der Waals surface area contributed by atoms with E-state index in [2.05, 4.69) is 18.2 Å². The highest BCUT2D eigenvalue weighted by atomic mass is 35.5. The number of rotatable bonds is 3. The van der Waals surface area contributed by atoms with Crippen LogP contribution in [0.15, 0.2) is 28.2 Å². The molecule has 6 heteroatoms. The number of allylic oxidation sites excluding steroid dienone is 1. The average molecular weight is 223 g/mol. The van der Waals surface area contributed by atoms with Gasteiger partial charge in [-0.05, 0) is 0 Å². The molecule has 2 N–H and O–H groups in total. The Morgan fingerprint density at radius 1 is 1.54 bits per heavy atom. The minimum Gasteiger partial charge on any atom is -0.369 e. The van der Waals surface area contributed by atoms with Crippen LogP contribution < -0.4 is 5.32 Å². The molecule has 0 aromatic heterocycles. The third-order valence-corrected chi connectivity index (χ3v) is 1.18. The summed E-state index contributed by atoms with van der Waals surface area (Å²) in [6, 6.07) is -0.781. The number of nitrogens with zero attached hydrogens (tertiary/aromatic N) is 1. The van der Waals surface area contributed by atoms with Crippen LogP contribution in [0.25, 0.3) is 0 Å². The Morgan fingerprint density at radius 2 is 2.08 bits per heavy atom. The van der Waals surface area contributed by atoms with Crippen LogP contribution in [-0.2, 0) is 0 Å². The molecule has 4 nitrogen and oxygen atoms in total. The number of nitrogens with one attached hydrogen (secondary N) is 1. The lowest BCUT2D eigenvalue weighted by Gasteiger charge is -2.07. The van der Waals surface area contributed by atoms with Gasteiger partial charge >= 0.3 is 6.03 Å². The predicted octanol–water partition coefficient (Wildman–Crippen LogP) is 1.59. The Kier molecular flexibility index (Phi) is 5.37. The zero-order chi connectivity index (χ0) is 10.4. The highest BCUT2D eigenvalue weighted by Gasteiger charge is 2.08. The number of hydrogen-bond donors (Lipinski definition) is 2. The van der Waals surface area contributed by atoms with E-state index in [-0.39, 0.29) is 10.1 Å². The second kappa shape index (κ2) is 5.75. The summed E-state index contributed by atoms with van der Waals surface area (Å²) >= 11 is 10.6. The van der Waals surface area contributed by atoms with Crippen molar-refractivity contribution < 1.29 is 9.90 Å². The van der Waals surface area contributed by atoms with Gasteiger partial charge in [0.05, 0.1) is 16.3 Å². The fraction of sp³-hybridized carbons (Fsp3) is 0.143. The average Bonchev–Trinajstić information content (AvgIpc) is 2.00. The van der Waals surface area contributed by atoms with Crippen LogP contribution in [0.2, 0.25) is 0 Å². The minimum atomic E-state index is -1.32. The van der Waals surface area contributed by atoms with E-state index in [1.54, 1.807) is 0 Å². The number of hydrogen-bond acceptors (Lipinski definition) is 2. The summed E-state index contributed by atoms with van der Waals surface area (Å²) < 4.78 is 0. The van der Waals surface area contributed by atoms with Gasteiger partial charge in [-0.3, -0.25) is 0 Å². The number of amides is 2. The molecule has 0 bridgehead atoms. The van der Waals surface area contributed by atoms with Crippen molar-refractivity contribution in [2.45, 2.75) is 6.23 Å². The van der Waals surface area contributed by atoms with Crippen molar-refractivity contribution in [2.75, 3.05) is 0 Å². The van der Waals surface area contributed by atoms with Crippen molar-refractivity contribution in [1.82, 2.24) is 5.32 Å². The summed E-state index contributed by atoms with van der Waals surface area (Å²) in [5, 5.41) is 11.0. The van der Waals surface area contributed by atoms with Gasteiger partial charge in [-0.1, -0.05) is 36.4 Å². The van der Waals surface area contributed by atoms with Gasteiger partial charge in [-0.25, -0.2) is 9.79 Å². The summed E-state index contributed by atoms with van der Waals surface area (Å²) in [7, 11) is 0. The Bertz CT molecular complexity index is 263. The van der Waals surface area contributed by atoms with E-state index in [0.717, 1.165) is 6.21 Å². The van der Waals surface area contributed by atoms with Crippen LogP contribution in [-0.4, -0.2) is 23.6 Å². The molecule has 0 aromatic carbocycles. The van der Waals surface area contributed by atoms with Gasteiger partial charge in [0.2, 0.25) is 0 Å². The first-order chi connectivity index (χ1) is 5.93. The lowest BCUT2D eigenvalue weighted by atomic mass is 10.5. The van der Waals surface area contributed by atoms with Gasteiger partial charge in [0.15, 0.2) is 6.23 Å². The Labute approximate surface area is 85.6 Å². The van der Waals surface area contributed by atoms with Gasteiger partial charge in [0, 0.05) is 0 Å². The van der Waals surface area contributed by atoms with Crippen molar-refractivity contribution in [1.29, 1.82) is 0 Å². The molecule has 0 aliphatic heterocycles. The maximum absolute atomic E-state index is 10.8. The summed E-state index contributed by atoms with van der Waals surface area (Å²) in [5.74, 6) is 0. The van der Waals surface area contributed by atoms with Crippen molar-refractivity contribution in [2.24, 2.45) is 4.99 Å². The largest absolute Gasteiger partial charge is 0.369 e. The summed E-state index contributed by atoms with van der Waals surface area (Å²) in [6.45, 7) is 6.48. The third kappa shape index (κ3) is 6.33. The van der Waals surface area contributed by atoms with E-state index < -0.39 is 12.3 Å². The number of aliphatic imine (C=N–C) groups is 1. The molecule has 0 rings (SSSR count). The van der Waals surface area contributed by atoms with Gasteiger partial charge in [-0.15, -0.1) is 0 Å². The smallest absolute Gasteiger partial charge is 0.343 e. The molecule has 0 spiro atoms. The number of halogens is 2. The van der Waals surface area contributed by atoms with Gasteiger partial charge in [-0.2, -0.15) is 0 Å². The number of carbonyl (C=O) groups excluding carboxylic acids is 1.